The van der Waals surface area contributed by atoms with E-state index in [1.807, 2.05) is 0 Å². The average molecular weight is 622 g/mol. The number of hydrogen-bond donors (Lipinski definition) is 3. The van der Waals surface area contributed by atoms with Crippen molar-refractivity contribution in [3.63, 3.8) is 0 Å². The molecule has 0 bridgehead atoms. The second-order valence-corrected chi connectivity index (χ2v) is 11.6. The number of ether oxygens (including phenoxy) is 2. The number of aromatic nitrogens is 4. The largest absolute Gasteiger partial charge is 0.460 e. The third-order valence-electron chi connectivity index (χ3n) is 6.44. The predicted molar refractivity (Wildman–Crippen MR) is 162 cm³/mol. The van der Waals surface area contributed by atoms with Crippen molar-refractivity contribution in [2.45, 2.75) is 71.4 Å². The van der Waals surface area contributed by atoms with Gasteiger partial charge in [-0.1, -0.05) is 62.4 Å². The Bertz CT molecular complexity index is 1520. The van der Waals surface area contributed by atoms with Crippen LogP contribution >= 0.6 is 0 Å². The molecule has 14 heteroatoms. The van der Waals surface area contributed by atoms with Crippen molar-refractivity contribution in [3.8, 4) is 11.4 Å². The minimum absolute atomic E-state index is 0.0869. The SMILES string of the molecule is CNC(=O)C(NC(=O)c1ccccc1-c1nnn(C(C(=O)OCc2ccccc2)C(=O)C(N)CC(=O)OC(C)(C)C)n1)C(C)C. The number of rotatable bonds is 13. The quantitative estimate of drug-likeness (QED) is 0.186. The van der Waals surface area contributed by atoms with E-state index in [1.165, 1.54) is 13.1 Å². The number of hydrogen-bond acceptors (Lipinski definition) is 11. The third-order valence-corrected chi connectivity index (χ3v) is 6.44. The van der Waals surface area contributed by atoms with E-state index >= 15 is 0 Å². The second-order valence-electron chi connectivity index (χ2n) is 11.6. The summed E-state index contributed by atoms with van der Waals surface area (Å²) < 4.78 is 10.7. The Morgan fingerprint density at radius 3 is 2.24 bits per heavy atom. The van der Waals surface area contributed by atoms with Crippen LogP contribution in [-0.4, -0.2) is 74.5 Å². The Labute approximate surface area is 261 Å². The number of carbonyl (C=O) groups is 5. The Hall–Kier alpha value is -4.98. The van der Waals surface area contributed by atoms with E-state index < -0.39 is 53.8 Å². The number of amides is 2. The summed E-state index contributed by atoms with van der Waals surface area (Å²) >= 11 is 0. The number of benzene rings is 2. The van der Waals surface area contributed by atoms with Crippen LogP contribution in [0.25, 0.3) is 11.4 Å². The van der Waals surface area contributed by atoms with Gasteiger partial charge in [0.1, 0.15) is 18.2 Å². The zero-order valence-corrected chi connectivity index (χ0v) is 26.1. The van der Waals surface area contributed by atoms with Crippen LogP contribution in [0.2, 0.25) is 0 Å². The summed E-state index contributed by atoms with van der Waals surface area (Å²) in [6.45, 7) is 8.44. The van der Waals surface area contributed by atoms with Gasteiger partial charge in [0.2, 0.25) is 17.8 Å². The van der Waals surface area contributed by atoms with Crippen LogP contribution in [0.15, 0.2) is 54.6 Å². The fourth-order valence-corrected chi connectivity index (χ4v) is 4.23. The van der Waals surface area contributed by atoms with Crippen LogP contribution in [0.4, 0.5) is 0 Å². The van der Waals surface area contributed by atoms with Gasteiger partial charge in [-0.2, -0.15) is 0 Å². The zero-order valence-electron chi connectivity index (χ0n) is 26.1. The van der Waals surface area contributed by atoms with E-state index in [-0.39, 0.29) is 35.4 Å². The molecule has 2 aromatic carbocycles. The summed E-state index contributed by atoms with van der Waals surface area (Å²) in [5.74, 6) is -3.89. The van der Waals surface area contributed by atoms with E-state index in [2.05, 4.69) is 26.0 Å². The number of tetrazole rings is 1. The molecule has 0 saturated heterocycles. The van der Waals surface area contributed by atoms with Crippen molar-refractivity contribution < 1.29 is 33.4 Å². The highest BCUT2D eigenvalue weighted by molar-refractivity contribution is 6.05. The molecule has 14 nitrogen and oxygen atoms in total. The number of nitrogens with two attached hydrogens (primary N) is 1. The van der Waals surface area contributed by atoms with Crippen molar-refractivity contribution in [1.82, 2.24) is 30.8 Å². The zero-order chi connectivity index (χ0) is 33.3. The molecule has 3 aromatic rings. The first-order valence-electron chi connectivity index (χ1n) is 14.3. The van der Waals surface area contributed by atoms with Crippen LogP contribution in [-0.2, 0) is 35.3 Å². The lowest BCUT2D eigenvalue weighted by Gasteiger charge is -2.22. The number of carbonyl (C=O) groups excluding carboxylic acids is 5. The third kappa shape index (κ3) is 9.50. The molecule has 2 amide bonds. The number of likely N-dealkylation sites (N-methyl/N-ethyl adjacent to an activating group) is 1. The molecule has 0 aliphatic carbocycles. The summed E-state index contributed by atoms with van der Waals surface area (Å²) in [6.07, 6.45) is -0.508. The van der Waals surface area contributed by atoms with Crippen LogP contribution in [0.3, 0.4) is 0 Å². The first-order chi connectivity index (χ1) is 21.2. The highest BCUT2D eigenvalue weighted by atomic mass is 16.6. The average Bonchev–Trinajstić information content (AvgIpc) is 3.47. The van der Waals surface area contributed by atoms with Gasteiger partial charge in [-0.3, -0.25) is 19.2 Å². The van der Waals surface area contributed by atoms with Crippen LogP contribution in [0.5, 0.6) is 0 Å². The van der Waals surface area contributed by atoms with Gasteiger partial charge in [-0.15, -0.1) is 15.0 Å². The summed E-state index contributed by atoms with van der Waals surface area (Å²) in [6, 6.07) is 11.1. The molecule has 240 valence electrons. The van der Waals surface area contributed by atoms with Gasteiger partial charge >= 0.3 is 11.9 Å². The standard InChI is InChI=1S/C31H39N7O7/c1-18(2)24(29(42)33-6)34-28(41)21-15-11-10-14-20(21)27-35-37-38(36-27)25(30(43)44-17-19-12-8-7-9-13-19)26(40)22(32)16-23(39)45-31(3,4)5/h7-15,18,22,24-25H,16-17,32H2,1-6H3,(H,33,42)(H,34,41). The van der Waals surface area contributed by atoms with Gasteiger partial charge in [0.05, 0.1) is 18.0 Å². The van der Waals surface area contributed by atoms with Crippen LogP contribution in [0.1, 0.15) is 63.0 Å². The monoisotopic (exact) mass is 621 g/mol. The molecule has 0 fully saturated rings. The molecule has 3 rings (SSSR count). The fourth-order valence-electron chi connectivity index (χ4n) is 4.23. The smallest absolute Gasteiger partial charge is 0.341 e. The lowest BCUT2D eigenvalue weighted by Crippen LogP contribution is -2.48. The van der Waals surface area contributed by atoms with E-state index in [4.69, 9.17) is 15.2 Å². The lowest BCUT2D eigenvalue weighted by molar-refractivity contribution is -0.158. The van der Waals surface area contributed by atoms with Crippen LogP contribution < -0.4 is 16.4 Å². The van der Waals surface area contributed by atoms with Crippen molar-refractivity contribution in [2.75, 3.05) is 7.05 Å². The normalized spacial score (nSPS) is 13.3. The topological polar surface area (TPSA) is 197 Å². The van der Waals surface area contributed by atoms with E-state index in [0.29, 0.717) is 5.56 Å². The minimum atomic E-state index is -1.80. The number of Topliss-reactive ketones (excluding diaryl/α,β-unsaturated/α-hetero) is 1. The minimum Gasteiger partial charge on any atom is -0.460 e. The molecule has 3 unspecified atom stereocenters. The first kappa shape index (κ1) is 34.5. The maximum absolute atomic E-state index is 13.5. The molecule has 0 saturated carbocycles. The highest BCUT2D eigenvalue weighted by Crippen LogP contribution is 2.22. The summed E-state index contributed by atoms with van der Waals surface area (Å²) in [4.78, 5) is 65.6. The van der Waals surface area contributed by atoms with Crippen molar-refractivity contribution in [1.29, 1.82) is 0 Å². The Balaban J connectivity index is 1.93. The molecule has 0 aliphatic rings. The van der Waals surface area contributed by atoms with Gasteiger partial charge in [0.15, 0.2) is 5.78 Å². The molecule has 1 heterocycles. The number of esters is 2. The molecule has 4 N–H and O–H groups in total. The van der Waals surface area contributed by atoms with Gasteiger partial charge in [-0.05, 0) is 43.5 Å². The number of nitrogens with zero attached hydrogens (tertiary/aromatic N) is 4. The summed E-state index contributed by atoms with van der Waals surface area (Å²) in [5, 5.41) is 17.4. The number of nitrogens with one attached hydrogen (secondary N) is 2. The molecule has 0 aliphatic heterocycles. The molecule has 1 aromatic heterocycles. The predicted octanol–water partition coefficient (Wildman–Crippen LogP) is 1.75. The van der Waals surface area contributed by atoms with Gasteiger partial charge in [0.25, 0.3) is 5.91 Å². The Kier molecular flexibility index (Phi) is 11.6. The van der Waals surface area contributed by atoms with E-state index in [9.17, 15) is 24.0 Å². The fraction of sp³-hybridized carbons (Fsp3) is 0.419. The van der Waals surface area contributed by atoms with E-state index in [1.54, 1.807) is 83.1 Å². The summed E-state index contributed by atoms with van der Waals surface area (Å²) in [5.41, 5.74) is 6.28. The van der Waals surface area contributed by atoms with Gasteiger partial charge in [-0.25, -0.2) is 4.79 Å². The molecule has 3 atom stereocenters. The van der Waals surface area contributed by atoms with Gasteiger partial charge in [0, 0.05) is 12.6 Å². The Morgan fingerprint density at radius 2 is 1.62 bits per heavy atom. The van der Waals surface area contributed by atoms with Crippen LogP contribution in [0, 0.1) is 5.92 Å². The molecule has 0 radical (unpaired) electrons. The van der Waals surface area contributed by atoms with Crippen molar-refractivity contribution >= 4 is 29.5 Å². The van der Waals surface area contributed by atoms with Gasteiger partial charge < -0.3 is 25.8 Å². The molecule has 0 spiro atoms. The molecule has 45 heavy (non-hydrogen) atoms. The maximum atomic E-state index is 13.5. The Morgan fingerprint density at radius 1 is 0.978 bits per heavy atom. The number of ketones is 1. The maximum Gasteiger partial charge on any atom is 0.341 e. The first-order valence-corrected chi connectivity index (χ1v) is 14.3. The molecular formula is C31H39N7O7. The lowest BCUT2D eigenvalue weighted by atomic mass is 10.0. The molecular weight excluding hydrogens is 582 g/mol. The second kappa shape index (κ2) is 15.1. The summed E-state index contributed by atoms with van der Waals surface area (Å²) in [7, 11) is 1.47. The van der Waals surface area contributed by atoms with E-state index in [0.717, 1.165) is 4.80 Å². The van der Waals surface area contributed by atoms with Crippen molar-refractivity contribution in [2.24, 2.45) is 11.7 Å². The highest BCUT2D eigenvalue weighted by Gasteiger charge is 2.38. The van der Waals surface area contributed by atoms with Crippen molar-refractivity contribution in [3.05, 3.63) is 65.7 Å².